The Morgan fingerprint density at radius 3 is 2.81 bits per heavy atom. The number of hydrogen-bond donors (Lipinski definition) is 1. The van der Waals surface area contributed by atoms with Gasteiger partial charge in [-0.2, -0.15) is 0 Å². The lowest BCUT2D eigenvalue weighted by Gasteiger charge is -2.38. The second-order valence-electron chi connectivity index (χ2n) is 7.55. The number of alkyl halides is 1. The van der Waals surface area contributed by atoms with Crippen molar-refractivity contribution >= 4 is 11.6 Å². The highest BCUT2D eigenvalue weighted by Crippen LogP contribution is 2.44. The molecule has 5 nitrogen and oxygen atoms in total. The average Bonchev–Trinajstić information content (AvgIpc) is 3.36. The van der Waals surface area contributed by atoms with Gasteiger partial charge in [0.1, 0.15) is 6.17 Å². The predicted molar refractivity (Wildman–Crippen MR) is 94.3 cm³/mol. The van der Waals surface area contributed by atoms with Crippen molar-refractivity contribution in [1.82, 2.24) is 9.38 Å². The number of rotatable bonds is 3. The number of imidazole rings is 1. The molecule has 2 aliphatic carbocycles. The smallest absolute Gasteiger partial charge is 0.168 e. The number of halogens is 1. The molecule has 0 bridgehead atoms. The molecule has 2 atom stereocenters. The lowest BCUT2D eigenvalue weighted by Crippen LogP contribution is -2.37. The molecule has 2 aromatic heterocycles. The zero-order chi connectivity index (χ0) is 17.7. The van der Waals surface area contributed by atoms with Crippen LogP contribution in [0.5, 0.6) is 0 Å². The van der Waals surface area contributed by atoms with E-state index < -0.39 is 12.0 Å². The van der Waals surface area contributed by atoms with Gasteiger partial charge in [-0.1, -0.05) is 12.2 Å². The van der Waals surface area contributed by atoms with Crippen molar-refractivity contribution in [1.29, 1.82) is 0 Å². The minimum Gasteiger partial charge on any atom is -0.396 e. The second kappa shape index (κ2) is 6.15. The molecule has 138 valence electrons. The van der Waals surface area contributed by atoms with Gasteiger partial charge >= 0.3 is 0 Å². The number of nitrogens with zero attached hydrogens (tertiary/aromatic N) is 2. The molecule has 0 radical (unpaired) electrons. The molecule has 2 unspecified atom stereocenters. The Hall–Kier alpha value is -1.76. The van der Waals surface area contributed by atoms with E-state index in [-0.39, 0.29) is 18.4 Å². The molecule has 1 spiro atoms. The van der Waals surface area contributed by atoms with Crippen LogP contribution < -0.4 is 5.22 Å². The fourth-order valence-corrected chi connectivity index (χ4v) is 5.01. The lowest BCUT2D eigenvalue weighted by molar-refractivity contribution is -0.184. The minimum atomic E-state index is -1.14. The van der Waals surface area contributed by atoms with E-state index in [0.717, 1.165) is 42.1 Å². The normalized spacial score (nSPS) is 26.3. The first-order valence-electron chi connectivity index (χ1n) is 9.41. The minimum absolute atomic E-state index is 0.000448. The molecule has 1 saturated carbocycles. The summed E-state index contributed by atoms with van der Waals surface area (Å²) in [4.78, 5) is 4.25. The van der Waals surface area contributed by atoms with Crippen molar-refractivity contribution in [2.75, 3.05) is 19.8 Å². The summed E-state index contributed by atoms with van der Waals surface area (Å²) in [6.45, 7) is 1.32. The van der Waals surface area contributed by atoms with Gasteiger partial charge in [0, 0.05) is 35.2 Å². The molecule has 0 aromatic carbocycles. The van der Waals surface area contributed by atoms with Crippen LogP contribution in [0.15, 0.2) is 24.7 Å². The van der Waals surface area contributed by atoms with E-state index in [1.54, 1.807) is 24.7 Å². The van der Waals surface area contributed by atoms with Crippen molar-refractivity contribution in [2.45, 2.75) is 43.6 Å². The van der Waals surface area contributed by atoms with E-state index >= 15 is 0 Å². The zero-order valence-corrected chi connectivity index (χ0v) is 14.6. The highest BCUT2D eigenvalue weighted by molar-refractivity contribution is 5.64. The van der Waals surface area contributed by atoms with E-state index in [0.29, 0.717) is 18.8 Å². The lowest BCUT2D eigenvalue weighted by atomic mass is 9.75. The van der Waals surface area contributed by atoms with Gasteiger partial charge in [-0.3, -0.25) is 0 Å². The molecule has 2 fully saturated rings. The Kier molecular flexibility index (Phi) is 3.88. The summed E-state index contributed by atoms with van der Waals surface area (Å²) < 4.78 is 28.4. The number of allylic oxidation sites excluding steroid dienone is 2. The summed E-state index contributed by atoms with van der Waals surface area (Å²) >= 11 is 0. The molecular formula is C20H23FN2O3. The fourth-order valence-electron chi connectivity index (χ4n) is 5.01. The summed E-state index contributed by atoms with van der Waals surface area (Å²) in [5.74, 6) is -0.271. The monoisotopic (exact) mass is 358 g/mol. The van der Waals surface area contributed by atoms with E-state index in [1.165, 1.54) is 0 Å². The number of aliphatic hydroxyl groups excluding tert-OH is 1. The third kappa shape index (κ3) is 2.36. The van der Waals surface area contributed by atoms with Gasteiger partial charge in [-0.05, 0) is 24.8 Å². The second-order valence-corrected chi connectivity index (χ2v) is 7.55. The molecular weight excluding hydrogens is 335 g/mol. The van der Waals surface area contributed by atoms with Crippen LogP contribution in [-0.2, 0) is 9.47 Å². The molecule has 26 heavy (non-hydrogen) atoms. The number of ether oxygens (including phenoxy) is 2. The first-order valence-corrected chi connectivity index (χ1v) is 9.41. The Bertz CT molecular complexity index is 890. The van der Waals surface area contributed by atoms with Gasteiger partial charge in [-0.25, -0.2) is 9.37 Å². The van der Waals surface area contributed by atoms with E-state index in [1.807, 2.05) is 10.5 Å². The van der Waals surface area contributed by atoms with Crippen LogP contribution in [0.2, 0.25) is 0 Å². The van der Waals surface area contributed by atoms with Gasteiger partial charge in [0.05, 0.1) is 37.9 Å². The highest BCUT2D eigenvalue weighted by Gasteiger charge is 2.43. The van der Waals surface area contributed by atoms with Crippen LogP contribution in [0.3, 0.4) is 0 Å². The molecule has 5 rings (SSSR count). The van der Waals surface area contributed by atoms with Crippen molar-refractivity contribution in [3.8, 4) is 0 Å². The van der Waals surface area contributed by atoms with Crippen LogP contribution in [0.25, 0.3) is 11.6 Å². The molecule has 3 heterocycles. The molecule has 1 aliphatic heterocycles. The summed E-state index contributed by atoms with van der Waals surface area (Å²) in [6.07, 6.45) is 11.1. The van der Waals surface area contributed by atoms with Crippen molar-refractivity contribution in [3.05, 3.63) is 41.2 Å². The first kappa shape index (κ1) is 16.4. The van der Waals surface area contributed by atoms with Gasteiger partial charge in [0.2, 0.25) is 0 Å². The van der Waals surface area contributed by atoms with Gasteiger partial charge in [0.25, 0.3) is 0 Å². The maximum absolute atomic E-state index is 14.8. The van der Waals surface area contributed by atoms with Gasteiger partial charge in [-0.15, -0.1) is 0 Å². The van der Waals surface area contributed by atoms with Crippen LogP contribution >= 0.6 is 0 Å². The predicted octanol–water partition coefficient (Wildman–Crippen LogP) is 2.42. The summed E-state index contributed by atoms with van der Waals surface area (Å²) in [6, 6.07) is 0. The van der Waals surface area contributed by atoms with Crippen LogP contribution in [0.1, 0.15) is 49.0 Å². The molecule has 1 N–H and O–H groups in total. The number of aliphatic hydroxyl groups is 1. The largest absolute Gasteiger partial charge is 0.396 e. The van der Waals surface area contributed by atoms with Crippen molar-refractivity contribution < 1.29 is 19.0 Å². The standard InChI is InChI=1S/C20H23FN2O3/c21-16-3-1-2-14-17-10-22-12-23(17)19(18(14)16)15(11-24)13-4-6-20(7-5-13)25-8-9-26-20/h1-3,10,12-13,15-16,24H,4-9,11H2. The average molecular weight is 358 g/mol. The molecule has 1 saturated heterocycles. The van der Waals surface area contributed by atoms with Crippen LogP contribution in [0, 0.1) is 5.92 Å². The van der Waals surface area contributed by atoms with Gasteiger partial charge in [0.15, 0.2) is 5.79 Å². The number of aromatic nitrogens is 2. The zero-order valence-electron chi connectivity index (χ0n) is 14.6. The fraction of sp³-hybridized carbons (Fsp3) is 0.550. The maximum atomic E-state index is 14.8. The topological polar surface area (TPSA) is 56.0 Å². The van der Waals surface area contributed by atoms with Crippen molar-refractivity contribution in [2.24, 2.45) is 5.92 Å². The Labute approximate surface area is 151 Å². The van der Waals surface area contributed by atoms with Gasteiger partial charge < -0.3 is 19.0 Å². The maximum Gasteiger partial charge on any atom is 0.168 e. The summed E-state index contributed by atoms with van der Waals surface area (Å²) in [7, 11) is 0. The Morgan fingerprint density at radius 1 is 1.31 bits per heavy atom. The quantitative estimate of drug-likeness (QED) is 0.916. The molecule has 6 heteroatoms. The Balaban J connectivity index is 1.53. The first-order chi connectivity index (χ1) is 12.7. The summed E-state index contributed by atoms with van der Waals surface area (Å²) in [5, 5.41) is 11.1. The third-order valence-corrected chi connectivity index (χ3v) is 6.28. The van der Waals surface area contributed by atoms with Crippen molar-refractivity contribution in [3.63, 3.8) is 0 Å². The molecule has 0 amide bonds. The van der Waals surface area contributed by atoms with Crippen LogP contribution in [0.4, 0.5) is 4.39 Å². The number of fused-ring (bicyclic) bond motifs is 3. The van der Waals surface area contributed by atoms with E-state index in [9.17, 15) is 9.50 Å². The molecule has 2 aromatic rings. The SMILES string of the molecule is OCC(c1c2c(c3cncn13)=CC=CC2F)C1CCC2(CC1)OCCO2. The summed E-state index contributed by atoms with van der Waals surface area (Å²) in [5.41, 5.74) is 2.48. The van der Waals surface area contributed by atoms with E-state index in [2.05, 4.69) is 4.98 Å². The van der Waals surface area contributed by atoms with Crippen LogP contribution in [-0.4, -0.2) is 40.1 Å². The Morgan fingerprint density at radius 2 is 2.08 bits per heavy atom. The molecule has 3 aliphatic rings. The highest BCUT2D eigenvalue weighted by atomic mass is 19.1. The third-order valence-electron chi connectivity index (χ3n) is 6.28. The van der Waals surface area contributed by atoms with E-state index in [4.69, 9.17) is 9.47 Å². The number of hydrogen-bond acceptors (Lipinski definition) is 4.